The zero-order chi connectivity index (χ0) is 17.5. The van der Waals surface area contributed by atoms with Gasteiger partial charge in [-0.05, 0) is 25.5 Å². The zero-order valence-electron chi connectivity index (χ0n) is 13.1. The average Bonchev–Trinajstić information content (AvgIpc) is 3.01. The van der Waals surface area contributed by atoms with Crippen LogP contribution in [-0.4, -0.2) is 33.3 Å². The second-order valence-corrected chi connectivity index (χ2v) is 5.67. The van der Waals surface area contributed by atoms with Crippen LogP contribution >= 0.6 is 0 Å². The summed E-state index contributed by atoms with van der Waals surface area (Å²) in [4.78, 5) is 17.9. The molecule has 0 aliphatic carbocycles. The molecule has 1 atom stereocenters. The molecule has 0 radical (unpaired) electrons. The normalized spacial score (nSPS) is 18.3. The molecule has 3 rings (SSSR count). The van der Waals surface area contributed by atoms with Gasteiger partial charge in [-0.25, -0.2) is 4.98 Å². The van der Waals surface area contributed by atoms with Crippen molar-refractivity contribution in [3.63, 3.8) is 0 Å². The van der Waals surface area contributed by atoms with E-state index in [-0.39, 0.29) is 11.7 Å². The van der Waals surface area contributed by atoms with E-state index in [9.17, 15) is 18.0 Å². The zero-order valence-corrected chi connectivity index (χ0v) is 13.1. The maximum Gasteiger partial charge on any atom is 0.417 e. The van der Waals surface area contributed by atoms with E-state index in [1.165, 1.54) is 6.07 Å². The summed E-state index contributed by atoms with van der Waals surface area (Å²) in [6.45, 7) is 2.35. The van der Waals surface area contributed by atoms with Crippen molar-refractivity contribution in [1.29, 1.82) is 0 Å². The maximum atomic E-state index is 12.5. The van der Waals surface area contributed by atoms with Crippen molar-refractivity contribution >= 4 is 17.5 Å². The van der Waals surface area contributed by atoms with Crippen LogP contribution in [0, 0.1) is 6.92 Å². The standard InChI is InChI=1S/C15H16F3N5O/c1-9-7-13(22(2)21-9)23-6-5-11(14(23)24)20-12-4-3-10(8-19-12)15(16,17)18/h3-4,7-8,11H,5-6H2,1-2H3,(H,19,20). The third kappa shape index (κ3) is 3.06. The van der Waals surface area contributed by atoms with E-state index in [0.29, 0.717) is 18.8 Å². The monoisotopic (exact) mass is 339 g/mol. The summed E-state index contributed by atoms with van der Waals surface area (Å²) < 4.78 is 39.2. The molecule has 0 bridgehead atoms. The molecule has 1 N–H and O–H groups in total. The van der Waals surface area contributed by atoms with Crippen LogP contribution in [0.1, 0.15) is 17.7 Å². The lowest BCUT2D eigenvalue weighted by Crippen LogP contribution is -2.34. The first-order valence-corrected chi connectivity index (χ1v) is 7.37. The number of rotatable bonds is 3. The number of nitrogens with zero attached hydrogens (tertiary/aromatic N) is 4. The Morgan fingerprint density at radius 2 is 2.08 bits per heavy atom. The molecule has 1 aliphatic rings. The predicted molar refractivity (Wildman–Crippen MR) is 81.6 cm³/mol. The van der Waals surface area contributed by atoms with E-state index in [2.05, 4.69) is 15.4 Å². The SMILES string of the molecule is Cc1cc(N2CCC(Nc3ccc(C(F)(F)F)cn3)C2=O)n(C)n1. The Hall–Kier alpha value is -2.58. The average molecular weight is 339 g/mol. The molecule has 24 heavy (non-hydrogen) atoms. The highest BCUT2D eigenvalue weighted by Crippen LogP contribution is 2.29. The van der Waals surface area contributed by atoms with Gasteiger partial charge in [-0.2, -0.15) is 18.3 Å². The number of hydrogen-bond donors (Lipinski definition) is 1. The third-order valence-corrected chi connectivity index (χ3v) is 3.87. The van der Waals surface area contributed by atoms with Crippen molar-refractivity contribution in [2.24, 2.45) is 7.05 Å². The van der Waals surface area contributed by atoms with E-state index in [4.69, 9.17) is 0 Å². The molecule has 1 unspecified atom stereocenters. The van der Waals surface area contributed by atoms with Crippen molar-refractivity contribution in [3.05, 3.63) is 35.7 Å². The number of pyridine rings is 1. The Kier molecular flexibility index (Phi) is 3.94. The summed E-state index contributed by atoms with van der Waals surface area (Å²) in [7, 11) is 1.76. The molecule has 1 fully saturated rings. The first-order valence-electron chi connectivity index (χ1n) is 7.37. The van der Waals surface area contributed by atoms with Gasteiger partial charge >= 0.3 is 6.18 Å². The Bertz CT molecular complexity index is 753. The number of amides is 1. The molecular formula is C15H16F3N5O. The van der Waals surface area contributed by atoms with Gasteiger partial charge in [-0.1, -0.05) is 0 Å². The lowest BCUT2D eigenvalue weighted by Gasteiger charge is -2.17. The molecule has 0 spiro atoms. The Morgan fingerprint density at radius 3 is 2.62 bits per heavy atom. The lowest BCUT2D eigenvalue weighted by atomic mass is 10.2. The molecule has 1 aliphatic heterocycles. The molecule has 1 amide bonds. The van der Waals surface area contributed by atoms with Gasteiger partial charge in [0.25, 0.3) is 5.91 Å². The van der Waals surface area contributed by atoms with Crippen molar-refractivity contribution in [2.75, 3.05) is 16.8 Å². The summed E-state index contributed by atoms with van der Waals surface area (Å²) in [5.41, 5.74) is -0.0149. The molecule has 6 nitrogen and oxygen atoms in total. The fraction of sp³-hybridized carbons (Fsp3) is 0.400. The molecule has 2 aromatic heterocycles. The molecule has 0 aromatic carbocycles. The minimum atomic E-state index is -4.43. The number of anilines is 2. The van der Waals surface area contributed by atoms with E-state index >= 15 is 0 Å². The number of alkyl halides is 3. The summed E-state index contributed by atoms with van der Waals surface area (Å²) in [6.07, 6.45) is -3.14. The van der Waals surface area contributed by atoms with Crippen LogP contribution in [0.4, 0.5) is 24.8 Å². The molecule has 3 heterocycles. The summed E-state index contributed by atoms with van der Waals surface area (Å²) in [5, 5.41) is 7.11. The Balaban J connectivity index is 1.71. The van der Waals surface area contributed by atoms with Crippen LogP contribution < -0.4 is 10.2 Å². The maximum absolute atomic E-state index is 12.5. The first kappa shape index (κ1) is 16.3. The number of halogens is 3. The van der Waals surface area contributed by atoms with Crippen LogP contribution in [0.2, 0.25) is 0 Å². The van der Waals surface area contributed by atoms with E-state index in [0.717, 1.165) is 18.0 Å². The minimum absolute atomic E-state index is 0.153. The van der Waals surface area contributed by atoms with Gasteiger partial charge in [0.15, 0.2) is 0 Å². The highest BCUT2D eigenvalue weighted by Gasteiger charge is 2.35. The summed E-state index contributed by atoms with van der Waals surface area (Å²) in [5.74, 6) is 0.784. The highest BCUT2D eigenvalue weighted by molar-refractivity contribution is 6.00. The lowest BCUT2D eigenvalue weighted by molar-refractivity contribution is -0.137. The molecule has 9 heteroatoms. The van der Waals surface area contributed by atoms with Gasteiger partial charge in [0.05, 0.1) is 11.3 Å². The van der Waals surface area contributed by atoms with E-state index in [1.54, 1.807) is 16.6 Å². The number of aryl methyl sites for hydroxylation is 2. The van der Waals surface area contributed by atoms with Crippen LogP contribution in [0.3, 0.4) is 0 Å². The smallest absolute Gasteiger partial charge is 0.358 e. The van der Waals surface area contributed by atoms with Crippen molar-refractivity contribution in [3.8, 4) is 0 Å². The fourth-order valence-corrected chi connectivity index (χ4v) is 2.72. The van der Waals surface area contributed by atoms with Crippen molar-refractivity contribution in [1.82, 2.24) is 14.8 Å². The number of aromatic nitrogens is 3. The number of nitrogens with one attached hydrogen (secondary N) is 1. The van der Waals surface area contributed by atoms with Gasteiger partial charge in [0.1, 0.15) is 17.7 Å². The van der Waals surface area contributed by atoms with E-state index in [1.807, 2.05) is 13.0 Å². The van der Waals surface area contributed by atoms with Gasteiger partial charge < -0.3 is 5.32 Å². The molecular weight excluding hydrogens is 323 g/mol. The minimum Gasteiger partial charge on any atom is -0.358 e. The summed E-state index contributed by atoms with van der Waals surface area (Å²) in [6, 6.07) is 3.46. The Morgan fingerprint density at radius 1 is 1.33 bits per heavy atom. The molecule has 1 saturated heterocycles. The molecule has 128 valence electrons. The van der Waals surface area contributed by atoms with Gasteiger partial charge in [-0.3, -0.25) is 14.4 Å². The van der Waals surface area contributed by atoms with Crippen LogP contribution in [0.25, 0.3) is 0 Å². The fourth-order valence-electron chi connectivity index (χ4n) is 2.72. The van der Waals surface area contributed by atoms with Gasteiger partial charge in [0, 0.05) is 25.9 Å². The molecule has 0 saturated carbocycles. The number of hydrogen-bond acceptors (Lipinski definition) is 4. The van der Waals surface area contributed by atoms with Crippen LogP contribution in [-0.2, 0) is 18.0 Å². The van der Waals surface area contributed by atoms with Crippen molar-refractivity contribution in [2.45, 2.75) is 25.6 Å². The third-order valence-electron chi connectivity index (χ3n) is 3.87. The Labute approximate surface area is 136 Å². The molecule has 2 aromatic rings. The topological polar surface area (TPSA) is 63.1 Å². The first-order chi connectivity index (χ1) is 11.3. The largest absolute Gasteiger partial charge is 0.417 e. The number of carbonyl (C=O) groups excluding carboxylic acids is 1. The summed E-state index contributed by atoms with van der Waals surface area (Å²) >= 11 is 0. The van der Waals surface area contributed by atoms with Crippen LogP contribution in [0.15, 0.2) is 24.4 Å². The van der Waals surface area contributed by atoms with Gasteiger partial charge in [-0.15, -0.1) is 0 Å². The number of carbonyl (C=O) groups is 1. The second-order valence-electron chi connectivity index (χ2n) is 5.67. The second kappa shape index (κ2) is 5.81. The quantitative estimate of drug-likeness (QED) is 0.932. The highest BCUT2D eigenvalue weighted by atomic mass is 19.4. The van der Waals surface area contributed by atoms with Crippen molar-refractivity contribution < 1.29 is 18.0 Å². The van der Waals surface area contributed by atoms with Crippen LogP contribution in [0.5, 0.6) is 0 Å². The predicted octanol–water partition coefficient (Wildman–Crippen LogP) is 2.36. The van der Waals surface area contributed by atoms with E-state index < -0.39 is 17.8 Å². The van der Waals surface area contributed by atoms with Gasteiger partial charge in [0.2, 0.25) is 0 Å².